The maximum Gasteiger partial charge on any atom is 0.234 e. The lowest BCUT2D eigenvalue weighted by atomic mass is 9.53. The van der Waals surface area contributed by atoms with Gasteiger partial charge in [0, 0.05) is 18.1 Å². The third-order valence-corrected chi connectivity index (χ3v) is 7.27. The predicted molar refractivity (Wildman–Crippen MR) is 94.6 cm³/mol. The van der Waals surface area contributed by atoms with Crippen molar-refractivity contribution < 1.29 is 9.90 Å². The summed E-state index contributed by atoms with van der Waals surface area (Å²) >= 11 is 0. The molecule has 136 valence electrons. The number of hydrogen-bond donors (Lipinski definition) is 2. The number of hydrogen-bond acceptors (Lipinski definition) is 3. The Bertz CT molecular complexity index is 423. The Kier molecular flexibility index (Phi) is 4.88. The van der Waals surface area contributed by atoms with Crippen LogP contribution in [0.3, 0.4) is 0 Å². The van der Waals surface area contributed by atoms with Gasteiger partial charge in [0.05, 0.1) is 13.2 Å². The van der Waals surface area contributed by atoms with Crippen LogP contribution in [0.5, 0.6) is 0 Å². The van der Waals surface area contributed by atoms with Crippen molar-refractivity contribution in [3.8, 4) is 0 Å². The summed E-state index contributed by atoms with van der Waals surface area (Å²) in [6.07, 6.45) is 14.1. The summed E-state index contributed by atoms with van der Waals surface area (Å²) in [7, 11) is 0. The zero-order chi connectivity index (χ0) is 16.6. The molecule has 0 saturated heterocycles. The van der Waals surface area contributed by atoms with Crippen LogP contribution in [0.15, 0.2) is 0 Å². The van der Waals surface area contributed by atoms with Gasteiger partial charge in [0.25, 0.3) is 0 Å². The fourth-order valence-corrected chi connectivity index (χ4v) is 6.75. The molecule has 4 heteroatoms. The second-order valence-corrected chi connectivity index (χ2v) is 9.23. The lowest BCUT2D eigenvalue weighted by Gasteiger charge is -2.57. The highest BCUT2D eigenvalue weighted by molar-refractivity contribution is 5.79. The largest absolute Gasteiger partial charge is 0.395 e. The molecule has 0 spiro atoms. The van der Waals surface area contributed by atoms with E-state index in [0.29, 0.717) is 19.1 Å². The van der Waals surface area contributed by atoms with E-state index < -0.39 is 0 Å². The van der Waals surface area contributed by atoms with Gasteiger partial charge in [-0.15, -0.1) is 0 Å². The van der Waals surface area contributed by atoms with E-state index in [1.54, 1.807) is 0 Å². The molecule has 5 saturated carbocycles. The van der Waals surface area contributed by atoms with Crippen LogP contribution in [0, 0.1) is 17.8 Å². The number of amides is 1. The van der Waals surface area contributed by atoms with Crippen LogP contribution in [0.4, 0.5) is 0 Å². The minimum atomic E-state index is 0.114. The smallest absolute Gasteiger partial charge is 0.234 e. The number of rotatable bonds is 6. The molecule has 0 aromatic carbocycles. The molecule has 0 aromatic rings. The molecule has 5 fully saturated rings. The van der Waals surface area contributed by atoms with Gasteiger partial charge in [-0.05, 0) is 69.1 Å². The second kappa shape index (κ2) is 6.95. The van der Waals surface area contributed by atoms with Gasteiger partial charge in [-0.3, -0.25) is 9.69 Å². The van der Waals surface area contributed by atoms with Gasteiger partial charge >= 0.3 is 0 Å². The van der Waals surface area contributed by atoms with E-state index in [4.69, 9.17) is 0 Å². The van der Waals surface area contributed by atoms with E-state index in [-0.39, 0.29) is 18.1 Å². The lowest BCUT2D eigenvalue weighted by molar-refractivity contribution is -0.128. The number of nitrogens with zero attached hydrogens (tertiary/aromatic N) is 1. The molecule has 1 amide bonds. The lowest BCUT2D eigenvalue weighted by Crippen LogP contribution is -2.61. The highest BCUT2D eigenvalue weighted by Gasteiger charge is 2.51. The van der Waals surface area contributed by atoms with Crippen LogP contribution in [0.1, 0.15) is 70.6 Å². The third-order valence-electron chi connectivity index (χ3n) is 7.27. The normalized spacial score (nSPS) is 38.7. The van der Waals surface area contributed by atoms with Crippen molar-refractivity contribution in [1.82, 2.24) is 10.2 Å². The highest BCUT2D eigenvalue weighted by atomic mass is 16.3. The highest BCUT2D eigenvalue weighted by Crippen LogP contribution is 2.55. The van der Waals surface area contributed by atoms with Gasteiger partial charge in [0.1, 0.15) is 0 Å². The first-order valence-corrected chi connectivity index (χ1v) is 10.3. The Morgan fingerprint density at radius 2 is 1.58 bits per heavy atom. The molecule has 4 bridgehead atoms. The molecule has 0 heterocycles. The summed E-state index contributed by atoms with van der Waals surface area (Å²) in [6.45, 7) is 1.27. The summed E-state index contributed by atoms with van der Waals surface area (Å²) in [5.41, 5.74) is 0.114. The topological polar surface area (TPSA) is 52.6 Å². The molecule has 0 radical (unpaired) electrons. The average molecular weight is 335 g/mol. The first kappa shape index (κ1) is 16.8. The minimum Gasteiger partial charge on any atom is -0.395 e. The zero-order valence-electron chi connectivity index (χ0n) is 15.0. The van der Waals surface area contributed by atoms with Gasteiger partial charge in [-0.2, -0.15) is 0 Å². The van der Waals surface area contributed by atoms with Crippen molar-refractivity contribution in [1.29, 1.82) is 0 Å². The Hall–Kier alpha value is -0.610. The van der Waals surface area contributed by atoms with Gasteiger partial charge in [0.15, 0.2) is 0 Å². The molecular formula is C20H34N2O2. The van der Waals surface area contributed by atoms with E-state index >= 15 is 0 Å². The van der Waals surface area contributed by atoms with Crippen molar-refractivity contribution in [2.75, 3.05) is 19.7 Å². The van der Waals surface area contributed by atoms with E-state index in [2.05, 4.69) is 10.2 Å². The molecule has 5 rings (SSSR count). The van der Waals surface area contributed by atoms with Crippen LogP contribution < -0.4 is 5.32 Å². The summed E-state index contributed by atoms with van der Waals surface area (Å²) in [4.78, 5) is 15.1. The van der Waals surface area contributed by atoms with Crippen molar-refractivity contribution in [2.45, 2.75) is 82.2 Å². The van der Waals surface area contributed by atoms with E-state index in [1.165, 1.54) is 70.6 Å². The number of carbonyl (C=O) groups excluding carboxylic acids is 1. The van der Waals surface area contributed by atoms with E-state index in [0.717, 1.165) is 17.8 Å². The van der Waals surface area contributed by atoms with Crippen molar-refractivity contribution in [3.63, 3.8) is 0 Å². The quantitative estimate of drug-likeness (QED) is 0.785. The number of carbonyl (C=O) groups is 1. The fourth-order valence-electron chi connectivity index (χ4n) is 6.75. The standard InChI is InChI=1S/C20H34N2O2/c23-7-6-22(18-4-2-1-3-5-18)14-19(24)21-20-11-15-8-16(12-20)10-17(9-15)13-20/h15-18,23H,1-14H2,(H,21,24). The Morgan fingerprint density at radius 1 is 1.00 bits per heavy atom. The first-order valence-electron chi connectivity index (χ1n) is 10.3. The summed E-state index contributed by atoms with van der Waals surface area (Å²) in [6, 6.07) is 0.494. The monoisotopic (exact) mass is 334 g/mol. The minimum absolute atomic E-state index is 0.114. The van der Waals surface area contributed by atoms with Crippen molar-refractivity contribution >= 4 is 5.91 Å². The van der Waals surface area contributed by atoms with Crippen LogP contribution in [0.25, 0.3) is 0 Å². The number of aliphatic hydroxyl groups excluding tert-OH is 1. The SMILES string of the molecule is O=C(CN(CCO)C1CCCCC1)NC12CC3CC(CC(C3)C1)C2. The predicted octanol–water partition coefficient (Wildman–Crippen LogP) is 2.70. The van der Waals surface area contributed by atoms with Crippen LogP contribution in [-0.2, 0) is 4.79 Å². The molecule has 5 aliphatic rings. The molecular weight excluding hydrogens is 300 g/mol. The summed E-state index contributed by atoms with van der Waals surface area (Å²) in [5.74, 6) is 2.80. The van der Waals surface area contributed by atoms with Gasteiger partial charge < -0.3 is 10.4 Å². The fraction of sp³-hybridized carbons (Fsp3) is 0.950. The third kappa shape index (κ3) is 3.50. The van der Waals surface area contributed by atoms with Crippen molar-refractivity contribution in [2.24, 2.45) is 17.8 Å². The molecule has 5 aliphatic carbocycles. The molecule has 0 atom stereocenters. The molecule has 2 N–H and O–H groups in total. The van der Waals surface area contributed by atoms with Gasteiger partial charge in [-0.1, -0.05) is 19.3 Å². The Balaban J connectivity index is 1.36. The average Bonchev–Trinajstić information content (AvgIpc) is 2.53. The van der Waals surface area contributed by atoms with Crippen LogP contribution in [0.2, 0.25) is 0 Å². The number of aliphatic hydroxyl groups is 1. The molecule has 24 heavy (non-hydrogen) atoms. The molecule has 4 nitrogen and oxygen atoms in total. The Morgan fingerprint density at radius 3 is 2.12 bits per heavy atom. The van der Waals surface area contributed by atoms with E-state index in [1.807, 2.05) is 0 Å². The van der Waals surface area contributed by atoms with Crippen molar-refractivity contribution in [3.05, 3.63) is 0 Å². The maximum atomic E-state index is 12.8. The van der Waals surface area contributed by atoms with Crippen LogP contribution in [-0.4, -0.2) is 47.2 Å². The zero-order valence-corrected chi connectivity index (χ0v) is 15.0. The first-order chi connectivity index (χ1) is 11.7. The van der Waals surface area contributed by atoms with E-state index in [9.17, 15) is 9.90 Å². The second-order valence-electron chi connectivity index (χ2n) is 9.23. The maximum absolute atomic E-state index is 12.8. The summed E-state index contributed by atoms with van der Waals surface area (Å²) < 4.78 is 0. The molecule has 0 unspecified atom stereocenters. The van der Waals surface area contributed by atoms with Gasteiger partial charge in [-0.25, -0.2) is 0 Å². The summed E-state index contributed by atoms with van der Waals surface area (Å²) in [5, 5.41) is 12.9. The Labute approximate surface area is 146 Å². The van der Waals surface area contributed by atoms with Gasteiger partial charge in [0.2, 0.25) is 5.91 Å². The van der Waals surface area contributed by atoms with Crippen LogP contribution >= 0.6 is 0 Å². The molecule has 0 aliphatic heterocycles. The number of nitrogens with one attached hydrogen (secondary N) is 1. The molecule has 0 aromatic heterocycles.